The molecule has 0 unspecified atom stereocenters. The van der Waals surface area contributed by atoms with Gasteiger partial charge in [-0.3, -0.25) is 9.89 Å². The zero-order valence-corrected chi connectivity index (χ0v) is 10.1. The van der Waals surface area contributed by atoms with E-state index in [4.69, 9.17) is 0 Å². The van der Waals surface area contributed by atoms with Crippen LogP contribution in [-0.4, -0.2) is 23.2 Å². The number of anilines is 1. The first-order valence-corrected chi connectivity index (χ1v) is 5.88. The molecular formula is C13H14N4O. The fourth-order valence-electron chi connectivity index (χ4n) is 2.18. The van der Waals surface area contributed by atoms with Crippen molar-refractivity contribution in [3.8, 4) is 11.3 Å². The number of H-pyrrole nitrogens is 1. The van der Waals surface area contributed by atoms with Gasteiger partial charge in [-0.1, -0.05) is 6.07 Å². The van der Waals surface area contributed by atoms with Crippen molar-refractivity contribution >= 4 is 11.6 Å². The lowest BCUT2D eigenvalue weighted by molar-refractivity contribution is -0.115. The Morgan fingerprint density at radius 2 is 2.28 bits per heavy atom. The number of aromatic nitrogens is 2. The Morgan fingerprint density at radius 1 is 1.39 bits per heavy atom. The Hall–Kier alpha value is -2.14. The second-order valence-electron chi connectivity index (χ2n) is 4.41. The van der Waals surface area contributed by atoms with Crippen LogP contribution in [0.2, 0.25) is 0 Å². The van der Waals surface area contributed by atoms with Crippen molar-refractivity contribution in [2.45, 2.75) is 13.0 Å². The van der Waals surface area contributed by atoms with E-state index in [-0.39, 0.29) is 5.91 Å². The lowest BCUT2D eigenvalue weighted by atomic mass is 10.1. The third-order valence-electron chi connectivity index (χ3n) is 3.02. The molecule has 1 amide bonds. The summed E-state index contributed by atoms with van der Waals surface area (Å²) in [6.45, 7) is 0.762. The van der Waals surface area contributed by atoms with Gasteiger partial charge in [0.15, 0.2) is 0 Å². The molecule has 1 aromatic carbocycles. The lowest BCUT2D eigenvalue weighted by Gasteiger charge is -2.00. The van der Waals surface area contributed by atoms with Crippen molar-refractivity contribution in [3.05, 3.63) is 35.5 Å². The molecule has 92 valence electrons. The Bertz CT molecular complexity index is 603. The second-order valence-corrected chi connectivity index (χ2v) is 4.41. The molecule has 5 heteroatoms. The lowest BCUT2D eigenvalue weighted by Crippen LogP contribution is -2.04. The van der Waals surface area contributed by atoms with E-state index < -0.39 is 0 Å². The van der Waals surface area contributed by atoms with Crippen LogP contribution < -0.4 is 10.6 Å². The SMILES string of the molecule is CNCc1cc(-c2ccc3c(c2)CC(=O)N3)n[nH]1. The van der Waals surface area contributed by atoms with E-state index in [0.717, 1.165) is 34.7 Å². The molecular weight excluding hydrogens is 228 g/mol. The predicted molar refractivity (Wildman–Crippen MR) is 69.1 cm³/mol. The first-order valence-electron chi connectivity index (χ1n) is 5.88. The van der Waals surface area contributed by atoms with Gasteiger partial charge in [0.1, 0.15) is 0 Å². The molecule has 0 atom stereocenters. The minimum atomic E-state index is 0.0556. The van der Waals surface area contributed by atoms with Crippen LogP contribution in [0, 0.1) is 0 Å². The summed E-state index contributed by atoms with van der Waals surface area (Å²) in [7, 11) is 1.90. The quantitative estimate of drug-likeness (QED) is 0.759. The maximum absolute atomic E-state index is 11.3. The maximum atomic E-state index is 11.3. The van der Waals surface area contributed by atoms with Gasteiger partial charge in [0.05, 0.1) is 12.1 Å². The Morgan fingerprint density at radius 3 is 3.11 bits per heavy atom. The average Bonchev–Trinajstić information content (AvgIpc) is 2.93. The summed E-state index contributed by atoms with van der Waals surface area (Å²) in [5.74, 6) is 0.0556. The number of carbonyl (C=O) groups is 1. The molecule has 1 aliphatic rings. The smallest absolute Gasteiger partial charge is 0.228 e. The number of hydrogen-bond donors (Lipinski definition) is 3. The highest BCUT2D eigenvalue weighted by Crippen LogP contribution is 2.28. The number of amides is 1. The summed E-state index contributed by atoms with van der Waals surface area (Å²) >= 11 is 0. The third-order valence-corrected chi connectivity index (χ3v) is 3.02. The minimum absolute atomic E-state index is 0.0556. The van der Waals surface area contributed by atoms with Crippen LogP contribution in [0.5, 0.6) is 0 Å². The number of nitrogens with one attached hydrogen (secondary N) is 3. The van der Waals surface area contributed by atoms with Gasteiger partial charge in [-0.15, -0.1) is 0 Å². The van der Waals surface area contributed by atoms with Crippen molar-refractivity contribution in [2.24, 2.45) is 0 Å². The van der Waals surface area contributed by atoms with Crippen LogP contribution in [0.25, 0.3) is 11.3 Å². The topological polar surface area (TPSA) is 69.8 Å². The molecule has 0 bridgehead atoms. The van der Waals surface area contributed by atoms with Crippen LogP contribution >= 0.6 is 0 Å². The van der Waals surface area contributed by atoms with E-state index in [1.54, 1.807) is 0 Å². The van der Waals surface area contributed by atoms with E-state index in [2.05, 4.69) is 20.8 Å². The van der Waals surface area contributed by atoms with Crippen molar-refractivity contribution < 1.29 is 4.79 Å². The van der Waals surface area contributed by atoms with E-state index in [1.807, 2.05) is 31.3 Å². The maximum Gasteiger partial charge on any atom is 0.228 e. The van der Waals surface area contributed by atoms with E-state index in [9.17, 15) is 4.79 Å². The molecule has 0 aliphatic carbocycles. The van der Waals surface area contributed by atoms with Crippen LogP contribution in [-0.2, 0) is 17.8 Å². The van der Waals surface area contributed by atoms with Crippen molar-refractivity contribution in [1.82, 2.24) is 15.5 Å². The number of fused-ring (bicyclic) bond motifs is 1. The van der Waals surface area contributed by atoms with Crippen molar-refractivity contribution in [3.63, 3.8) is 0 Å². The minimum Gasteiger partial charge on any atom is -0.326 e. The summed E-state index contributed by atoms with van der Waals surface area (Å²) in [5.41, 5.74) is 4.93. The molecule has 0 saturated heterocycles. The zero-order valence-electron chi connectivity index (χ0n) is 10.1. The number of rotatable bonds is 3. The molecule has 0 fully saturated rings. The monoisotopic (exact) mass is 242 g/mol. The summed E-state index contributed by atoms with van der Waals surface area (Å²) < 4.78 is 0. The Balaban J connectivity index is 1.92. The molecule has 0 saturated carbocycles. The number of aromatic amines is 1. The van der Waals surface area contributed by atoms with Gasteiger partial charge in [0.25, 0.3) is 0 Å². The number of nitrogens with zero attached hydrogens (tertiary/aromatic N) is 1. The molecule has 5 nitrogen and oxygen atoms in total. The molecule has 2 aromatic rings. The van der Waals surface area contributed by atoms with Crippen LogP contribution in [0.15, 0.2) is 24.3 Å². The molecule has 1 aliphatic heterocycles. The molecule has 2 heterocycles. The van der Waals surface area contributed by atoms with Gasteiger partial charge in [-0.05, 0) is 30.8 Å². The van der Waals surface area contributed by atoms with Gasteiger partial charge in [0, 0.05) is 23.5 Å². The highest BCUT2D eigenvalue weighted by Gasteiger charge is 2.18. The molecule has 1 aromatic heterocycles. The van der Waals surface area contributed by atoms with E-state index >= 15 is 0 Å². The highest BCUT2D eigenvalue weighted by molar-refractivity contribution is 5.99. The Labute approximate surface area is 105 Å². The summed E-state index contributed by atoms with van der Waals surface area (Å²) in [5, 5.41) is 13.2. The van der Waals surface area contributed by atoms with E-state index in [0.29, 0.717) is 6.42 Å². The Kier molecular flexibility index (Phi) is 2.60. The number of carbonyl (C=O) groups excluding carboxylic acids is 1. The fraction of sp³-hybridized carbons (Fsp3) is 0.231. The van der Waals surface area contributed by atoms with Gasteiger partial charge in [0.2, 0.25) is 5.91 Å². The largest absolute Gasteiger partial charge is 0.326 e. The standard InChI is InChI=1S/C13H14N4O/c1-14-7-10-6-12(17-16-10)8-2-3-11-9(4-8)5-13(18)15-11/h2-4,6,14H,5,7H2,1H3,(H,15,18)(H,16,17). The number of benzene rings is 1. The highest BCUT2D eigenvalue weighted by atomic mass is 16.1. The van der Waals surface area contributed by atoms with E-state index in [1.165, 1.54) is 0 Å². The summed E-state index contributed by atoms with van der Waals surface area (Å²) in [4.78, 5) is 11.3. The molecule has 0 radical (unpaired) electrons. The van der Waals surface area contributed by atoms with Crippen LogP contribution in [0.3, 0.4) is 0 Å². The van der Waals surface area contributed by atoms with Gasteiger partial charge in [-0.25, -0.2) is 0 Å². The zero-order chi connectivity index (χ0) is 12.5. The van der Waals surface area contributed by atoms with Gasteiger partial charge in [-0.2, -0.15) is 5.10 Å². The fourth-order valence-corrected chi connectivity index (χ4v) is 2.18. The first-order chi connectivity index (χ1) is 8.76. The summed E-state index contributed by atoms with van der Waals surface area (Å²) in [6, 6.07) is 7.95. The summed E-state index contributed by atoms with van der Waals surface area (Å²) in [6.07, 6.45) is 0.455. The normalized spacial score (nSPS) is 13.5. The van der Waals surface area contributed by atoms with Gasteiger partial charge >= 0.3 is 0 Å². The first kappa shape index (κ1) is 11.0. The van der Waals surface area contributed by atoms with Crippen molar-refractivity contribution in [2.75, 3.05) is 12.4 Å². The average molecular weight is 242 g/mol. The van der Waals surface area contributed by atoms with Gasteiger partial charge < -0.3 is 10.6 Å². The second kappa shape index (κ2) is 4.27. The third kappa shape index (κ3) is 1.89. The molecule has 3 N–H and O–H groups in total. The molecule has 0 spiro atoms. The predicted octanol–water partition coefficient (Wildman–Crippen LogP) is 1.29. The van der Waals surface area contributed by atoms with Crippen molar-refractivity contribution in [1.29, 1.82) is 0 Å². The molecule has 18 heavy (non-hydrogen) atoms. The molecule has 3 rings (SSSR count). The van der Waals surface area contributed by atoms with Crippen LogP contribution in [0.4, 0.5) is 5.69 Å². The number of hydrogen-bond acceptors (Lipinski definition) is 3. The van der Waals surface area contributed by atoms with Crippen LogP contribution in [0.1, 0.15) is 11.3 Å².